The van der Waals surface area contributed by atoms with Gasteiger partial charge in [-0.05, 0) is 38.1 Å². The molecule has 5 heteroatoms. The first-order valence-electron chi connectivity index (χ1n) is 5.48. The highest BCUT2D eigenvalue weighted by Crippen LogP contribution is 2.13. The molecule has 0 aliphatic heterocycles. The Bertz CT molecular complexity index is 478. The van der Waals surface area contributed by atoms with Crippen molar-refractivity contribution in [2.45, 2.75) is 19.9 Å². The monoisotopic (exact) mass is 266 g/mol. The first kappa shape index (κ1) is 14.3. The number of carbonyl (C=O) groups is 2. The molecule has 4 nitrogen and oxygen atoms in total. The highest BCUT2D eigenvalue weighted by atomic mass is 35.5. The highest BCUT2D eigenvalue weighted by molar-refractivity contribution is 6.31. The molecule has 96 valence electrons. The second-order valence-electron chi connectivity index (χ2n) is 4.08. The standard InChI is InChI=1S/C13H15ClN2O2/c1-8(2)16-7-11(13(15)18)12(17)9-3-5-10(14)6-4-9/h3-8,16H,1-2H3,(H2,15,18)/b11-7-. The number of Topliss-reactive ketones (excluding diaryl/α,β-unsaturated/α-hetero) is 1. The fourth-order valence-corrected chi connectivity index (χ4v) is 1.38. The molecule has 18 heavy (non-hydrogen) atoms. The second kappa shape index (κ2) is 6.21. The fraction of sp³-hybridized carbons (Fsp3) is 0.231. The van der Waals surface area contributed by atoms with E-state index in [0.717, 1.165) is 0 Å². The Hall–Kier alpha value is -1.81. The summed E-state index contributed by atoms with van der Waals surface area (Å²) in [5.74, 6) is -1.18. The van der Waals surface area contributed by atoms with Crippen LogP contribution >= 0.6 is 11.6 Å². The van der Waals surface area contributed by atoms with Gasteiger partial charge >= 0.3 is 0 Å². The Morgan fingerprint density at radius 1 is 1.28 bits per heavy atom. The van der Waals surface area contributed by atoms with Gasteiger partial charge in [-0.3, -0.25) is 9.59 Å². The predicted octanol–water partition coefficient (Wildman–Crippen LogP) is 1.89. The van der Waals surface area contributed by atoms with Gasteiger partial charge in [-0.2, -0.15) is 0 Å². The van der Waals surface area contributed by atoms with Crippen molar-refractivity contribution in [3.63, 3.8) is 0 Å². The van der Waals surface area contributed by atoms with E-state index >= 15 is 0 Å². The molecule has 0 unspecified atom stereocenters. The molecule has 1 aromatic rings. The molecule has 0 aromatic heterocycles. The van der Waals surface area contributed by atoms with Crippen LogP contribution in [0.4, 0.5) is 0 Å². The first-order chi connectivity index (χ1) is 8.41. The van der Waals surface area contributed by atoms with Crippen molar-refractivity contribution in [2.24, 2.45) is 5.73 Å². The number of halogens is 1. The van der Waals surface area contributed by atoms with Gasteiger partial charge in [-0.1, -0.05) is 11.6 Å². The summed E-state index contributed by atoms with van der Waals surface area (Å²) in [7, 11) is 0. The molecule has 0 saturated carbocycles. The molecule has 1 aromatic carbocycles. The predicted molar refractivity (Wildman–Crippen MR) is 71.3 cm³/mol. The van der Waals surface area contributed by atoms with Crippen LogP contribution < -0.4 is 11.1 Å². The van der Waals surface area contributed by atoms with E-state index in [2.05, 4.69) is 5.32 Å². The smallest absolute Gasteiger partial charge is 0.254 e. The van der Waals surface area contributed by atoms with E-state index in [4.69, 9.17) is 17.3 Å². The van der Waals surface area contributed by atoms with Gasteiger partial charge in [0.2, 0.25) is 0 Å². The van der Waals surface area contributed by atoms with Gasteiger partial charge in [0.05, 0.1) is 0 Å². The Kier molecular flexibility index (Phi) is 4.92. The van der Waals surface area contributed by atoms with Crippen molar-refractivity contribution in [1.29, 1.82) is 0 Å². The molecule has 1 rings (SSSR count). The van der Waals surface area contributed by atoms with Crippen LogP contribution in [-0.4, -0.2) is 17.7 Å². The van der Waals surface area contributed by atoms with E-state index in [1.54, 1.807) is 24.3 Å². The van der Waals surface area contributed by atoms with Gasteiger partial charge < -0.3 is 11.1 Å². The van der Waals surface area contributed by atoms with Crippen LogP contribution in [0, 0.1) is 0 Å². The number of nitrogens with one attached hydrogen (secondary N) is 1. The number of benzene rings is 1. The molecule has 0 radical (unpaired) electrons. The van der Waals surface area contributed by atoms with Crippen molar-refractivity contribution >= 4 is 23.3 Å². The second-order valence-corrected chi connectivity index (χ2v) is 4.52. The van der Waals surface area contributed by atoms with E-state index in [-0.39, 0.29) is 11.6 Å². The lowest BCUT2D eigenvalue weighted by molar-refractivity contribution is -0.114. The zero-order chi connectivity index (χ0) is 13.7. The summed E-state index contributed by atoms with van der Waals surface area (Å²) in [6.45, 7) is 3.78. The van der Waals surface area contributed by atoms with Gasteiger partial charge in [0.15, 0.2) is 5.78 Å². The molecular weight excluding hydrogens is 252 g/mol. The molecule has 0 atom stereocenters. The maximum absolute atomic E-state index is 12.1. The lowest BCUT2D eigenvalue weighted by Gasteiger charge is -2.07. The van der Waals surface area contributed by atoms with Crippen molar-refractivity contribution in [3.05, 3.63) is 46.6 Å². The van der Waals surface area contributed by atoms with E-state index in [9.17, 15) is 9.59 Å². The van der Waals surface area contributed by atoms with Gasteiger partial charge in [-0.25, -0.2) is 0 Å². The Labute approximate surface area is 111 Å². The first-order valence-corrected chi connectivity index (χ1v) is 5.86. The van der Waals surface area contributed by atoms with Crippen LogP contribution in [0.1, 0.15) is 24.2 Å². The number of rotatable bonds is 5. The van der Waals surface area contributed by atoms with Gasteiger partial charge in [0.1, 0.15) is 5.57 Å². The van der Waals surface area contributed by atoms with Gasteiger partial charge in [-0.15, -0.1) is 0 Å². The minimum Gasteiger partial charge on any atom is -0.388 e. The summed E-state index contributed by atoms with van der Waals surface area (Å²) in [6, 6.07) is 6.39. The molecule has 0 aliphatic carbocycles. The zero-order valence-corrected chi connectivity index (χ0v) is 11.0. The third-order valence-corrected chi connectivity index (χ3v) is 2.43. The molecule has 0 aliphatic rings. The lowest BCUT2D eigenvalue weighted by atomic mass is 10.0. The molecule has 1 amide bonds. The summed E-state index contributed by atoms with van der Waals surface area (Å²) in [5.41, 5.74) is 5.49. The molecule has 0 heterocycles. The van der Waals surface area contributed by atoms with Crippen LogP contribution in [0.25, 0.3) is 0 Å². The zero-order valence-electron chi connectivity index (χ0n) is 10.2. The number of primary amides is 1. The Balaban J connectivity index is 3.00. The number of ketones is 1. The molecule has 3 N–H and O–H groups in total. The van der Waals surface area contributed by atoms with E-state index in [1.807, 2.05) is 13.8 Å². The van der Waals surface area contributed by atoms with E-state index < -0.39 is 11.7 Å². The fourth-order valence-electron chi connectivity index (χ4n) is 1.26. The number of carbonyl (C=O) groups excluding carboxylic acids is 2. The summed E-state index contributed by atoms with van der Waals surface area (Å²) in [4.78, 5) is 23.3. The third kappa shape index (κ3) is 3.89. The summed E-state index contributed by atoms with van der Waals surface area (Å²) in [6.07, 6.45) is 1.35. The number of amides is 1. The van der Waals surface area contributed by atoms with Gasteiger partial charge in [0.25, 0.3) is 5.91 Å². The molecule has 0 saturated heterocycles. The number of hydrogen-bond donors (Lipinski definition) is 2. The average Bonchev–Trinajstić information content (AvgIpc) is 2.29. The Morgan fingerprint density at radius 3 is 2.28 bits per heavy atom. The summed E-state index contributed by atoms with van der Waals surface area (Å²) in [5, 5.41) is 3.40. The molecule has 0 fully saturated rings. The van der Waals surface area contributed by atoms with Crippen LogP contribution in [0.15, 0.2) is 36.0 Å². The molecular formula is C13H15ClN2O2. The number of nitrogens with two attached hydrogens (primary N) is 1. The molecule has 0 bridgehead atoms. The number of hydrogen-bond acceptors (Lipinski definition) is 3. The van der Waals surface area contributed by atoms with Crippen LogP contribution in [0.5, 0.6) is 0 Å². The van der Waals surface area contributed by atoms with Crippen LogP contribution in [-0.2, 0) is 4.79 Å². The van der Waals surface area contributed by atoms with Crippen molar-refractivity contribution in [3.8, 4) is 0 Å². The van der Waals surface area contributed by atoms with Crippen molar-refractivity contribution in [2.75, 3.05) is 0 Å². The maximum atomic E-state index is 12.1. The largest absolute Gasteiger partial charge is 0.388 e. The van der Waals surface area contributed by atoms with Gasteiger partial charge in [0, 0.05) is 22.8 Å². The average molecular weight is 267 g/mol. The van der Waals surface area contributed by atoms with Crippen molar-refractivity contribution in [1.82, 2.24) is 5.32 Å². The molecule has 0 spiro atoms. The quantitative estimate of drug-likeness (QED) is 0.370. The summed E-state index contributed by atoms with van der Waals surface area (Å²) >= 11 is 5.73. The highest BCUT2D eigenvalue weighted by Gasteiger charge is 2.17. The lowest BCUT2D eigenvalue weighted by Crippen LogP contribution is -2.25. The normalized spacial score (nSPS) is 11.4. The maximum Gasteiger partial charge on any atom is 0.254 e. The summed E-state index contributed by atoms with van der Waals surface area (Å²) < 4.78 is 0. The van der Waals surface area contributed by atoms with Crippen LogP contribution in [0.2, 0.25) is 5.02 Å². The van der Waals surface area contributed by atoms with Crippen molar-refractivity contribution < 1.29 is 9.59 Å². The van der Waals surface area contributed by atoms with Crippen LogP contribution in [0.3, 0.4) is 0 Å². The SMILES string of the molecule is CC(C)N/C=C(\C(N)=O)C(=O)c1ccc(Cl)cc1. The minimum atomic E-state index is -0.761. The minimum absolute atomic E-state index is 0.0778. The topological polar surface area (TPSA) is 72.2 Å². The third-order valence-electron chi connectivity index (χ3n) is 2.18. The van der Waals surface area contributed by atoms with E-state index in [1.165, 1.54) is 6.20 Å². The van der Waals surface area contributed by atoms with E-state index in [0.29, 0.717) is 10.6 Å². The Morgan fingerprint density at radius 2 is 1.83 bits per heavy atom.